The van der Waals surface area contributed by atoms with Crippen molar-refractivity contribution in [1.29, 1.82) is 0 Å². The maximum atomic E-state index is 13.2. The van der Waals surface area contributed by atoms with E-state index in [0.29, 0.717) is 24.1 Å². The van der Waals surface area contributed by atoms with Crippen LogP contribution in [-0.4, -0.2) is 34.8 Å². The second kappa shape index (κ2) is 7.82. The van der Waals surface area contributed by atoms with E-state index in [4.69, 9.17) is 9.72 Å². The Labute approximate surface area is 162 Å². The van der Waals surface area contributed by atoms with Gasteiger partial charge in [0.15, 0.2) is 5.16 Å². The molecule has 0 spiro atoms. The van der Waals surface area contributed by atoms with Crippen molar-refractivity contribution < 1.29 is 9.53 Å². The monoisotopic (exact) mass is 394 g/mol. The summed E-state index contributed by atoms with van der Waals surface area (Å²) in [6.07, 6.45) is 4.32. The van der Waals surface area contributed by atoms with Gasteiger partial charge in [0, 0.05) is 17.4 Å². The fourth-order valence-corrected chi connectivity index (χ4v) is 5.55. The van der Waals surface area contributed by atoms with Crippen LogP contribution in [0.25, 0.3) is 10.2 Å². The van der Waals surface area contributed by atoms with Gasteiger partial charge in [0.05, 0.1) is 24.3 Å². The van der Waals surface area contributed by atoms with Crippen molar-refractivity contribution in [2.75, 3.05) is 19.5 Å². The van der Waals surface area contributed by atoms with Crippen LogP contribution in [0.15, 0.2) is 9.95 Å². The van der Waals surface area contributed by atoms with Gasteiger partial charge in [-0.25, -0.2) is 4.98 Å². The number of carbonyl (C=O) groups is 1. The molecule has 0 saturated carbocycles. The molecule has 1 aliphatic rings. The van der Waals surface area contributed by atoms with E-state index in [1.54, 1.807) is 23.0 Å². The van der Waals surface area contributed by atoms with Gasteiger partial charge in [-0.15, -0.1) is 11.3 Å². The minimum absolute atomic E-state index is 0.0113. The first-order valence-corrected chi connectivity index (χ1v) is 10.8. The van der Waals surface area contributed by atoms with Crippen molar-refractivity contribution >= 4 is 39.1 Å². The number of carbonyl (C=O) groups excluding carboxylic acids is 1. The number of ether oxygens (including phenoxy) is 1. The molecule has 0 saturated heterocycles. The molecule has 2 heterocycles. The zero-order valence-corrected chi connectivity index (χ0v) is 17.5. The highest BCUT2D eigenvalue weighted by Crippen LogP contribution is 2.34. The lowest BCUT2D eigenvalue weighted by molar-refractivity contribution is -0.123. The van der Waals surface area contributed by atoms with Gasteiger partial charge in [-0.05, 0) is 31.2 Å². The van der Waals surface area contributed by atoms with Crippen LogP contribution in [0.2, 0.25) is 0 Å². The molecule has 2 aromatic rings. The minimum atomic E-state index is -0.392. The van der Waals surface area contributed by atoms with Crippen LogP contribution in [0.1, 0.15) is 44.1 Å². The number of rotatable bonds is 6. The number of nitrogens with zero attached hydrogens (tertiary/aromatic N) is 2. The van der Waals surface area contributed by atoms with E-state index in [2.05, 4.69) is 0 Å². The molecule has 0 atom stereocenters. The van der Waals surface area contributed by atoms with Crippen LogP contribution in [-0.2, 0) is 28.9 Å². The van der Waals surface area contributed by atoms with Gasteiger partial charge in [0.1, 0.15) is 10.6 Å². The Balaban J connectivity index is 2.03. The minimum Gasteiger partial charge on any atom is -0.383 e. The third-order valence-electron chi connectivity index (χ3n) is 4.73. The molecule has 1 aliphatic carbocycles. The number of thioether (sulfide) groups is 1. The summed E-state index contributed by atoms with van der Waals surface area (Å²) in [5.41, 5.74) is 0.816. The molecule has 0 N–H and O–H groups in total. The summed E-state index contributed by atoms with van der Waals surface area (Å²) in [7, 11) is 1.62. The first-order valence-electron chi connectivity index (χ1n) is 9.03. The Morgan fingerprint density at radius 1 is 1.31 bits per heavy atom. The lowest BCUT2D eigenvalue weighted by atomic mass is 9.92. The molecule has 0 bridgehead atoms. The molecule has 2 aromatic heterocycles. The predicted molar refractivity (Wildman–Crippen MR) is 108 cm³/mol. The number of hydrogen-bond donors (Lipinski definition) is 0. The van der Waals surface area contributed by atoms with Crippen LogP contribution in [0, 0.1) is 5.41 Å². The average Bonchev–Trinajstić information content (AvgIpc) is 2.96. The van der Waals surface area contributed by atoms with Gasteiger partial charge in [0.2, 0.25) is 0 Å². The quantitative estimate of drug-likeness (QED) is 0.552. The first kappa shape index (κ1) is 19.6. The molecule has 5 nitrogen and oxygen atoms in total. The second-order valence-corrected chi connectivity index (χ2v) is 9.72. The number of aromatic nitrogens is 2. The fraction of sp³-hybridized carbons (Fsp3) is 0.632. The van der Waals surface area contributed by atoms with Gasteiger partial charge in [0.25, 0.3) is 5.56 Å². The fourth-order valence-electron chi connectivity index (χ4n) is 3.06. The highest BCUT2D eigenvalue weighted by molar-refractivity contribution is 7.99. The molecule has 0 amide bonds. The third kappa shape index (κ3) is 3.89. The number of hydrogen-bond acceptors (Lipinski definition) is 6. The number of aryl methyl sites for hydroxylation is 2. The molecule has 0 aliphatic heterocycles. The average molecular weight is 395 g/mol. The highest BCUT2D eigenvalue weighted by Gasteiger charge is 2.24. The van der Waals surface area contributed by atoms with E-state index in [1.807, 2.05) is 20.8 Å². The molecule has 0 radical (unpaired) electrons. The van der Waals surface area contributed by atoms with Crippen molar-refractivity contribution in [3.63, 3.8) is 0 Å². The first-order chi connectivity index (χ1) is 12.3. The van der Waals surface area contributed by atoms with Gasteiger partial charge >= 0.3 is 0 Å². The number of thiophene rings is 1. The molecule has 7 heteroatoms. The summed E-state index contributed by atoms with van der Waals surface area (Å²) in [6.45, 7) is 6.64. The highest BCUT2D eigenvalue weighted by atomic mass is 32.2. The largest absolute Gasteiger partial charge is 0.383 e. The molecule has 0 unspecified atom stereocenters. The van der Waals surface area contributed by atoms with E-state index in [9.17, 15) is 9.59 Å². The SMILES string of the molecule is COCCn1c(SCC(=O)C(C)(C)C)nc2sc3c(c2c1=O)CCCC3. The molecular formula is C19H26N2O3S2. The third-order valence-corrected chi connectivity index (χ3v) is 6.89. The lowest BCUT2D eigenvalue weighted by Crippen LogP contribution is -2.27. The zero-order chi connectivity index (χ0) is 18.9. The summed E-state index contributed by atoms with van der Waals surface area (Å²) in [5.74, 6) is 0.472. The van der Waals surface area contributed by atoms with Crippen molar-refractivity contribution in [2.45, 2.75) is 58.2 Å². The van der Waals surface area contributed by atoms with Gasteiger partial charge < -0.3 is 4.74 Å². The normalized spacial score (nSPS) is 14.6. The Morgan fingerprint density at radius 2 is 2.04 bits per heavy atom. The van der Waals surface area contributed by atoms with Crippen molar-refractivity contribution in [1.82, 2.24) is 9.55 Å². The van der Waals surface area contributed by atoms with Crippen molar-refractivity contribution in [3.8, 4) is 0 Å². The maximum absolute atomic E-state index is 13.2. The summed E-state index contributed by atoms with van der Waals surface area (Å²) in [5, 5.41) is 1.41. The smallest absolute Gasteiger partial charge is 0.263 e. The molecule has 3 rings (SSSR count). The summed E-state index contributed by atoms with van der Waals surface area (Å²) >= 11 is 3.01. The van der Waals surface area contributed by atoms with E-state index < -0.39 is 5.41 Å². The van der Waals surface area contributed by atoms with Crippen LogP contribution in [0.3, 0.4) is 0 Å². The van der Waals surface area contributed by atoms with E-state index in [0.717, 1.165) is 29.5 Å². The number of ketones is 1. The molecule has 26 heavy (non-hydrogen) atoms. The topological polar surface area (TPSA) is 61.2 Å². The molecular weight excluding hydrogens is 368 g/mol. The van der Waals surface area contributed by atoms with Crippen molar-refractivity contribution in [2.24, 2.45) is 5.41 Å². The summed E-state index contributed by atoms with van der Waals surface area (Å²) < 4.78 is 6.87. The van der Waals surface area contributed by atoms with E-state index in [1.165, 1.54) is 28.6 Å². The molecule has 142 valence electrons. The number of Topliss-reactive ketones (excluding diaryl/α,β-unsaturated/α-hetero) is 1. The molecule has 0 aromatic carbocycles. The van der Waals surface area contributed by atoms with Crippen LogP contribution >= 0.6 is 23.1 Å². The predicted octanol–water partition coefficient (Wildman–Crippen LogP) is 3.69. The summed E-state index contributed by atoms with van der Waals surface area (Å²) in [6, 6.07) is 0. The number of fused-ring (bicyclic) bond motifs is 3. The zero-order valence-electron chi connectivity index (χ0n) is 15.9. The maximum Gasteiger partial charge on any atom is 0.263 e. The summed E-state index contributed by atoms with van der Waals surface area (Å²) in [4.78, 5) is 32.4. The van der Waals surface area contributed by atoms with E-state index in [-0.39, 0.29) is 11.3 Å². The van der Waals surface area contributed by atoms with Gasteiger partial charge in [-0.1, -0.05) is 32.5 Å². The van der Waals surface area contributed by atoms with Crippen molar-refractivity contribution in [3.05, 3.63) is 20.8 Å². The Kier molecular flexibility index (Phi) is 5.89. The molecule has 0 fully saturated rings. The lowest BCUT2D eigenvalue weighted by Gasteiger charge is -2.17. The van der Waals surface area contributed by atoms with Crippen LogP contribution in [0.4, 0.5) is 0 Å². The van der Waals surface area contributed by atoms with Gasteiger partial charge in [-0.2, -0.15) is 0 Å². The Hall–Kier alpha value is -1.18. The van der Waals surface area contributed by atoms with Crippen LogP contribution in [0.5, 0.6) is 0 Å². The Morgan fingerprint density at radius 3 is 2.73 bits per heavy atom. The standard InChI is InChI=1S/C19H26N2O3S2/c1-19(2,3)14(22)11-25-18-20-16-15(17(23)21(18)9-10-24-4)12-7-5-6-8-13(12)26-16/h5-11H2,1-4H3. The number of methoxy groups -OCH3 is 1. The second-order valence-electron chi connectivity index (χ2n) is 7.70. The van der Waals surface area contributed by atoms with Gasteiger partial charge in [-0.3, -0.25) is 14.2 Å². The van der Waals surface area contributed by atoms with Crippen LogP contribution < -0.4 is 5.56 Å². The van der Waals surface area contributed by atoms with E-state index >= 15 is 0 Å². The Bertz CT molecular complexity index is 878.